The third kappa shape index (κ3) is 4.61. The highest BCUT2D eigenvalue weighted by Gasteiger charge is 2.32. The van der Waals surface area contributed by atoms with E-state index in [2.05, 4.69) is 169 Å². The van der Waals surface area contributed by atoms with Crippen molar-refractivity contribution in [1.29, 1.82) is 0 Å². The smallest absolute Gasteiger partial charge is 0.137 e. The Labute approximate surface area is 289 Å². The summed E-state index contributed by atoms with van der Waals surface area (Å²) in [5, 5.41) is 7.60. The Hall–Kier alpha value is -5.64. The molecule has 0 spiro atoms. The molecule has 0 bridgehead atoms. The summed E-state index contributed by atoms with van der Waals surface area (Å²) in [6.07, 6.45) is 6.97. The van der Waals surface area contributed by atoms with E-state index in [1.165, 1.54) is 59.0 Å². The molecule has 2 heterocycles. The molecule has 0 saturated carbocycles. The summed E-state index contributed by atoms with van der Waals surface area (Å²) >= 11 is 1.89. The number of nitrogens with zero attached hydrogens (tertiary/aromatic N) is 1. The highest BCUT2D eigenvalue weighted by atomic mass is 32.1. The molecule has 2 aromatic heterocycles. The molecule has 0 N–H and O–H groups in total. The van der Waals surface area contributed by atoms with Gasteiger partial charge in [-0.3, -0.25) is 0 Å². The Morgan fingerprint density at radius 2 is 1.31 bits per heavy atom. The summed E-state index contributed by atoms with van der Waals surface area (Å²) < 4.78 is 9.11. The van der Waals surface area contributed by atoms with E-state index in [-0.39, 0.29) is 6.04 Å². The van der Waals surface area contributed by atoms with Gasteiger partial charge in [0.1, 0.15) is 11.2 Å². The van der Waals surface area contributed by atoms with E-state index in [1.54, 1.807) is 0 Å². The predicted molar refractivity (Wildman–Crippen MR) is 209 cm³/mol. The first-order valence-electron chi connectivity index (χ1n) is 17.2. The lowest BCUT2D eigenvalue weighted by Gasteiger charge is -2.40. The molecular formula is C46H33NOS. The molecule has 1 aliphatic carbocycles. The van der Waals surface area contributed by atoms with Crippen LogP contribution in [0.1, 0.15) is 24.3 Å². The van der Waals surface area contributed by atoms with E-state index in [9.17, 15) is 0 Å². The number of thiophene rings is 1. The molecule has 2 atom stereocenters. The second-order valence-electron chi connectivity index (χ2n) is 13.1. The molecule has 49 heavy (non-hydrogen) atoms. The van der Waals surface area contributed by atoms with Gasteiger partial charge in [0, 0.05) is 37.2 Å². The Balaban J connectivity index is 1.17. The van der Waals surface area contributed by atoms with Crippen LogP contribution in [0, 0.1) is 0 Å². The number of hydrogen-bond donors (Lipinski definition) is 0. The van der Waals surface area contributed by atoms with Gasteiger partial charge in [-0.25, -0.2) is 0 Å². The van der Waals surface area contributed by atoms with Gasteiger partial charge in [0.25, 0.3) is 0 Å². The molecule has 0 aliphatic heterocycles. The van der Waals surface area contributed by atoms with Crippen LogP contribution < -0.4 is 4.90 Å². The summed E-state index contributed by atoms with van der Waals surface area (Å²) in [4.78, 5) is 2.58. The Morgan fingerprint density at radius 3 is 2.22 bits per heavy atom. The van der Waals surface area contributed by atoms with Gasteiger partial charge >= 0.3 is 0 Å². The van der Waals surface area contributed by atoms with Gasteiger partial charge in [0.05, 0.1) is 17.1 Å². The van der Waals surface area contributed by atoms with E-state index in [0.717, 1.165) is 34.8 Å². The van der Waals surface area contributed by atoms with Crippen molar-refractivity contribution in [3.63, 3.8) is 0 Å². The minimum absolute atomic E-state index is 0.107. The summed E-state index contributed by atoms with van der Waals surface area (Å²) in [6.45, 7) is 0. The number of para-hydroxylation sites is 1. The van der Waals surface area contributed by atoms with Crippen molar-refractivity contribution in [3.8, 4) is 11.1 Å². The SMILES string of the molecule is C1=CC(N(c2ccc(-c3cccc4c3sc3ccccc34)cc2)c2cccc3oc4ccccc4c23)C(c2cccc3ccccc23)CC1. The topological polar surface area (TPSA) is 16.4 Å². The molecule has 7 aromatic carbocycles. The van der Waals surface area contributed by atoms with Crippen molar-refractivity contribution in [2.75, 3.05) is 4.90 Å². The van der Waals surface area contributed by atoms with Crippen LogP contribution in [-0.4, -0.2) is 6.04 Å². The second-order valence-corrected chi connectivity index (χ2v) is 14.2. The molecule has 1 aliphatic rings. The Kier molecular flexibility index (Phi) is 6.66. The second kappa shape index (κ2) is 11.5. The van der Waals surface area contributed by atoms with Crippen LogP contribution in [0.4, 0.5) is 11.4 Å². The normalized spacial score (nSPS) is 16.3. The van der Waals surface area contributed by atoms with E-state index in [0.29, 0.717) is 5.92 Å². The molecule has 2 nitrogen and oxygen atoms in total. The molecule has 0 amide bonds. The van der Waals surface area contributed by atoms with E-state index >= 15 is 0 Å². The zero-order valence-corrected chi connectivity index (χ0v) is 27.7. The lowest BCUT2D eigenvalue weighted by Crippen LogP contribution is -2.36. The number of benzene rings is 7. The van der Waals surface area contributed by atoms with Crippen LogP contribution in [0.25, 0.3) is 64.0 Å². The molecule has 2 unspecified atom stereocenters. The van der Waals surface area contributed by atoms with Gasteiger partial charge in [-0.2, -0.15) is 0 Å². The number of fused-ring (bicyclic) bond motifs is 7. The highest BCUT2D eigenvalue weighted by molar-refractivity contribution is 7.26. The first-order chi connectivity index (χ1) is 24.3. The average Bonchev–Trinajstić information content (AvgIpc) is 3.74. The van der Waals surface area contributed by atoms with E-state index in [4.69, 9.17) is 4.42 Å². The number of rotatable bonds is 5. The molecule has 10 rings (SSSR count). The summed E-state index contributed by atoms with van der Waals surface area (Å²) in [5.41, 5.74) is 8.11. The van der Waals surface area contributed by atoms with Gasteiger partial charge in [0.2, 0.25) is 0 Å². The van der Waals surface area contributed by atoms with E-state index in [1.807, 2.05) is 11.3 Å². The fraction of sp³-hybridized carbons (Fsp3) is 0.0870. The highest BCUT2D eigenvalue weighted by Crippen LogP contribution is 2.46. The molecule has 0 saturated heterocycles. The van der Waals surface area contributed by atoms with Gasteiger partial charge in [0.15, 0.2) is 0 Å². The third-order valence-electron chi connectivity index (χ3n) is 10.4. The minimum atomic E-state index is 0.107. The lowest BCUT2D eigenvalue weighted by molar-refractivity contribution is 0.542. The maximum absolute atomic E-state index is 6.43. The van der Waals surface area contributed by atoms with Crippen LogP contribution in [-0.2, 0) is 0 Å². The molecular weight excluding hydrogens is 615 g/mol. The van der Waals surface area contributed by atoms with Gasteiger partial charge in [-0.1, -0.05) is 127 Å². The van der Waals surface area contributed by atoms with Gasteiger partial charge in [-0.15, -0.1) is 11.3 Å². The zero-order valence-electron chi connectivity index (χ0n) is 26.9. The largest absolute Gasteiger partial charge is 0.456 e. The minimum Gasteiger partial charge on any atom is -0.456 e. The van der Waals surface area contributed by atoms with Crippen LogP contribution in [0.2, 0.25) is 0 Å². The maximum atomic E-state index is 6.43. The van der Waals surface area contributed by atoms with Crippen molar-refractivity contribution in [1.82, 2.24) is 0 Å². The zero-order chi connectivity index (χ0) is 32.3. The maximum Gasteiger partial charge on any atom is 0.137 e. The van der Waals surface area contributed by atoms with Crippen molar-refractivity contribution < 1.29 is 4.42 Å². The van der Waals surface area contributed by atoms with Gasteiger partial charge < -0.3 is 9.32 Å². The third-order valence-corrected chi connectivity index (χ3v) is 11.6. The summed E-state index contributed by atoms with van der Waals surface area (Å²) in [7, 11) is 0. The molecule has 9 aromatic rings. The van der Waals surface area contributed by atoms with Crippen molar-refractivity contribution in [2.24, 2.45) is 0 Å². The first kappa shape index (κ1) is 28.4. The molecule has 234 valence electrons. The quantitative estimate of drug-likeness (QED) is 0.173. The Bertz CT molecular complexity index is 2690. The van der Waals surface area contributed by atoms with Crippen LogP contribution >= 0.6 is 11.3 Å². The van der Waals surface area contributed by atoms with Crippen molar-refractivity contribution in [3.05, 3.63) is 169 Å². The van der Waals surface area contributed by atoms with Crippen LogP contribution in [0.5, 0.6) is 0 Å². The molecule has 3 heteroatoms. The van der Waals surface area contributed by atoms with E-state index < -0.39 is 0 Å². The lowest BCUT2D eigenvalue weighted by atomic mass is 9.80. The van der Waals surface area contributed by atoms with Crippen LogP contribution in [0.15, 0.2) is 168 Å². The number of anilines is 2. The number of hydrogen-bond acceptors (Lipinski definition) is 3. The number of allylic oxidation sites excluding steroid dienone is 1. The van der Waals surface area contributed by atoms with Crippen molar-refractivity contribution >= 4 is 75.6 Å². The standard InChI is InChI=1S/C46H33NOS/c1-2-14-33-30(12-1)13-9-19-35(33)36-15-3-6-21-40(36)47(41-22-11-24-43-45(41)39-17-4-7-23-42(39)48-43)32-28-26-31(27-29-32)34-18-10-20-38-37-16-5-8-25-44(37)49-46(34)38/h1-2,4-14,16-29,36,40H,3,15H2. The van der Waals surface area contributed by atoms with Gasteiger partial charge in [-0.05, 0) is 76.7 Å². The first-order valence-corrected chi connectivity index (χ1v) is 18.0. The molecule has 0 radical (unpaired) electrons. The monoisotopic (exact) mass is 647 g/mol. The number of furan rings is 1. The molecule has 0 fully saturated rings. The van der Waals surface area contributed by atoms with Crippen molar-refractivity contribution in [2.45, 2.75) is 24.8 Å². The predicted octanol–water partition coefficient (Wildman–Crippen LogP) is 13.4. The summed E-state index contributed by atoms with van der Waals surface area (Å²) in [5.74, 6) is 0.302. The fourth-order valence-electron chi connectivity index (χ4n) is 8.20. The van der Waals surface area contributed by atoms with Crippen LogP contribution in [0.3, 0.4) is 0 Å². The Morgan fingerprint density at radius 1 is 0.592 bits per heavy atom. The average molecular weight is 648 g/mol. The summed E-state index contributed by atoms with van der Waals surface area (Å²) in [6, 6.07) is 55.4. The fourth-order valence-corrected chi connectivity index (χ4v) is 9.44.